The second-order valence-corrected chi connectivity index (χ2v) is 11.9. The monoisotopic (exact) mass is 596 g/mol. The van der Waals surface area contributed by atoms with Gasteiger partial charge in [-0.05, 0) is 54.5 Å². The summed E-state index contributed by atoms with van der Waals surface area (Å²) in [6.45, 7) is 2.54. The molecule has 3 aromatic rings. The van der Waals surface area contributed by atoms with E-state index in [1.165, 1.54) is 0 Å². The van der Waals surface area contributed by atoms with Gasteiger partial charge in [-0.15, -0.1) is 0 Å². The van der Waals surface area contributed by atoms with Crippen LogP contribution >= 0.6 is 0 Å². The van der Waals surface area contributed by atoms with Crippen molar-refractivity contribution in [2.75, 3.05) is 6.54 Å². The third-order valence-electron chi connectivity index (χ3n) is 8.81. The van der Waals surface area contributed by atoms with Crippen LogP contribution in [0.3, 0.4) is 0 Å². The largest absolute Gasteiger partial charge is 0.356 e. The van der Waals surface area contributed by atoms with E-state index in [9.17, 15) is 24.0 Å². The predicted octanol–water partition coefficient (Wildman–Crippen LogP) is 3.09. The van der Waals surface area contributed by atoms with Crippen LogP contribution in [0.15, 0.2) is 72.8 Å². The quantitative estimate of drug-likeness (QED) is 0.262. The summed E-state index contributed by atoms with van der Waals surface area (Å²) in [5.41, 5.74) is 1.75. The molecule has 2 aliphatic heterocycles. The lowest BCUT2D eigenvalue weighted by Crippen LogP contribution is -2.53. The first-order chi connectivity index (χ1) is 21.3. The van der Waals surface area contributed by atoms with Crippen molar-refractivity contribution in [1.82, 2.24) is 20.9 Å². The zero-order chi connectivity index (χ0) is 31.1. The highest BCUT2D eigenvalue weighted by molar-refractivity contribution is 5.94. The van der Waals surface area contributed by atoms with Gasteiger partial charge in [0.25, 0.3) is 0 Å². The van der Waals surface area contributed by atoms with Crippen molar-refractivity contribution in [3.63, 3.8) is 0 Å². The minimum atomic E-state index is -0.901. The fraction of sp³-hybridized carbons (Fsp3) is 0.400. The van der Waals surface area contributed by atoms with Gasteiger partial charge in [-0.3, -0.25) is 19.2 Å². The summed E-state index contributed by atoms with van der Waals surface area (Å²) in [4.78, 5) is 66.1. The van der Waals surface area contributed by atoms with Gasteiger partial charge in [-0.25, -0.2) is 0 Å². The molecule has 3 aromatic carbocycles. The summed E-state index contributed by atoms with van der Waals surface area (Å²) >= 11 is 0. The van der Waals surface area contributed by atoms with Crippen LogP contribution < -0.4 is 16.0 Å². The second kappa shape index (κ2) is 14.3. The first kappa shape index (κ1) is 30.9. The molecule has 44 heavy (non-hydrogen) atoms. The number of nitrogens with zero attached hydrogens (tertiary/aromatic N) is 1. The second-order valence-electron chi connectivity index (χ2n) is 11.9. The van der Waals surface area contributed by atoms with Gasteiger partial charge in [0, 0.05) is 37.4 Å². The van der Waals surface area contributed by atoms with E-state index in [-0.39, 0.29) is 55.0 Å². The summed E-state index contributed by atoms with van der Waals surface area (Å²) in [7, 11) is 0. The van der Waals surface area contributed by atoms with Gasteiger partial charge in [-0.2, -0.15) is 0 Å². The van der Waals surface area contributed by atoms with E-state index in [1.54, 1.807) is 4.90 Å². The van der Waals surface area contributed by atoms with Crippen LogP contribution in [-0.2, 0) is 36.8 Å². The van der Waals surface area contributed by atoms with E-state index in [1.807, 2.05) is 79.7 Å². The SMILES string of the molecule is CC1C[C@H](NC(=O)[C@H](Cc2cccc3ccccc23)NC(=O)Cc2ccccc2)C(=O)N1[C@H](CCC=O)C[C@@H]1CCNC1=O. The minimum absolute atomic E-state index is 0.0206. The van der Waals surface area contributed by atoms with Crippen LogP contribution in [0.25, 0.3) is 10.8 Å². The Kier molecular flexibility index (Phi) is 10.0. The van der Waals surface area contributed by atoms with E-state index >= 15 is 0 Å². The van der Waals surface area contributed by atoms with Crippen molar-refractivity contribution >= 4 is 40.7 Å². The molecule has 2 fully saturated rings. The Bertz CT molecular complexity index is 1500. The molecule has 0 aromatic heterocycles. The molecule has 0 saturated carbocycles. The molecular weight excluding hydrogens is 556 g/mol. The summed E-state index contributed by atoms with van der Waals surface area (Å²) in [6.07, 6.45) is 3.55. The molecule has 4 amide bonds. The van der Waals surface area contributed by atoms with Gasteiger partial charge in [-0.1, -0.05) is 72.8 Å². The van der Waals surface area contributed by atoms with Gasteiger partial charge >= 0.3 is 0 Å². The Morgan fingerprint density at radius 1 is 1.02 bits per heavy atom. The van der Waals surface area contributed by atoms with Gasteiger partial charge in [0.05, 0.1) is 6.42 Å². The normalized spacial score (nSPS) is 21.1. The fourth-order valence-corrected chi connectivity index (χ4v) is 6.64. The molecule has 2 heterocycles. The Morgan fingerprint density at radius 2 is 1.77 bits per heavy atom. The lowest BCUT2D eigenvalue weighted by Gasteiger charge is -2.33. The average Bonchev–Trinajstić information content (AvgIpc) is 3.55. The maximum atomic E-state index is 13.9. The number of rotatable bonds is 13. The highest BCUT2D eigenvalue weighted by Crippen LogP contribution is 2.29. The van der Waals surface area contributed by atoms with E-state index in [0.717, 1.165) is 28.2 Å². The van der Waals surface area contributed by atoms with E-state index in [0.29, 0.717) is 32.2 Å². The molecule has 0 spiro atoms. The third kappa shape index (κ3) is 7.33. The fourth-order valence-electron chi connectivity index (χ4n) is 6.64. The molecule has 5 rings (SSSR count). The molecule has 9 nitrogen and oxygen atoms in total. The molecule has 2 aliphatic rings. The maximum Gasteiger partial charge on any atom is 0.245 e. The Balaban J connectivity index is 1.33. The van der Waals surface area contributed by atoms with Gasteiger partial charge < -0.3 is 25.6 Å². The summed E-state index contributed by atoms with van der Waals surface area (Å²) < 4.78 is 0. The van der Waals surface area contributed by atoms with Crippen molar-refractivity contribution in [1.29, 1.82) is 0 Å². The summed E-state index contributed by atoms with van der Waals surface area (Å²) in [5, 5.41) is 10.8. The van der Waals surface area contributed by atoms with Crippen LogP contribution in [0.4, 0.5) is 0 Å². The number of hydrogen-bond acceptors (Lipinski definition) is 5. The van der Waals surface area contributed by atoms with Gasteiger partial charge in [0.1, 0.15) is 18.4 Å². The number of carbonyl (C=O) groups excluding carboxylic acids is 5. The van der Waals surface area contributed by atoms with E-state index < -0.39 is 18.0 Å². The molecule has 3 N–H and O–H groups in total. The van der Waals surface area contributed by atoms with E-state index in [2.05, 4.69) is 16.0 Å². The molecule has 2 saturated heterocycles. The number of nitrogens with one attached hydrogen (secondary N) is 3. The molecule has 5 atom stereocenters. The van der Waals surface area contributed by atoms with Gasteiger partial charge in [0.15, 0.2) is 0 Å². The lowest BCUT2D eigenvalue weighted by atomic mass is 9.94. The van der Waals surface area contributed by atoms with Gasteiger partial charge in [0.2, 0.25) is 23.6 Å². The zero-order valence-corrected chi connectivity index (χ0v) is 25.0. The molecule has 9 heteroatoms. The molecule has 230 valence electrons. The van der Waals surface area contributed by atoms with Crippen LogP contribution in [0, 0.1) is 5.92 Å². The van der Waals surface area contributed by atoms with Crippen molar-refractivity contribution in [3.05, 3.63) is 83.9 Å². The highest BCUT2D eigenvalue weighted by atomic mass is 16.2. The standard InChI is InChI=1S/C35H40N4O5/c1-23-19-31(35(44)39(23)28(14-8-18-40)21-27-16-17-36-33(27)42)38-34(43)30(37-32(41)20-24-9-3-2-4-10-24)22-26-13-7-12-25-11-5-6-15-29(25)26/h2-7,9-13,15,18,23,27-28,30-31H,8,14,16-17,19-22H2,1H3,(H,36,42)(H,37,41)(H,38,43)/t23?,27-,28+,30-,31-/m0/s1. The van der Waals surface area contributed by atoms with Crippen molar-refractivity contribution < 1.29 is 24.0 Å². The summed E-state index contributed by atoms with van der Waals surface area (Å²) in [5.74, 6) is -1.16. The van der Waals surface area contributed by atoms with Crippen LogP contribution in [-0.4, -0.2) is 65.5 Å². The topological polar surface area (TPSA) is 125 Å². The van der Waals surface area contributed by atoms with Crippen LogP contribution in [0.1, 0.15) is 50.2 Å². The number of carbonyl (C=O) groups is 5. The van der Waals surface area contributed by atoms with Crippen LogP contribution in [0.5, 0.6) is 0 Å². The smallest absolute Gasteiger partial charge is 0.245 e. The molecule has 0 bridgehead atoms. The highest BCUT2D eigenvalue weighted by Gasteiger charge is 2.43. The first-order valence-corrected chi connectivity index (χ1v) is 15.5. The lowest BCUT2D eigenvalue weighted by molar-refractivity contribution is -0.137. The Morgan fingerprint density at radius 3 is 2.52 bits per heavy atom. The molecule has 0 radical (unpaired) electrons. The van der Waals surface area contributed by atoms with Crippen molar-refractivity contribution in [3.8, 4) is 0 Å². The zero-order valence-electron chi connectivity index (χ0n) is 25.0. The maximum absolute atomic E-state index is 13.9. The van der Waals surface area contributed by atoms with E-state index in [4.69, 9.17) is 0 Å². The third-order valence-corrected chi connectivity index (χ3v) is 8.81. The summed E-state index contributed by atoms with van der Waals surface area (Å²) in [6, 6.07) is 21.0. The number of hydrogen-bond donors (Lipinski definition) is 3. The molecule has 0 aliphatic carbocycles. The number of fused-ring (bicyclic) bond motifs is 1. The molecule has 1 unspecified atom stereocenters. The molecular formula is C35H40N4O5. The van der Waals surface area contributed by atoms with Crippen molar-refractivity contribution in [2.45, 2.75) is 76.0 Å². The first-order valence-electron chi connectivity index (χ1n) is 15.5. The minimum Gasteiger partial charge on any atom is -0.356 e. The number of likely N-dealkylation sites (tertiary alicyclic amines) is 1. The Hall–Kier alpha value is -4.53. The van der Waals surface area contributed by atoms with Crippen LogP contribution in [0.2, 0.25) is 0 Å². The number of amides is 4. The Labute approximate surface area is 257 Å². The van der Waals surface area contributed by atoms with Crippen molar-refractivity contribution in [2.24, 2.45) is 5.92 Å². The number of benzene rings is 3. The average molecular weight is 597 g/mol. The number of aldehydes is 1. The predicted molar refractivity (Wildman–Crippen MR) is 167 cm³/mol.